The zero-order valence-corrected chi connectivity index (χ0v) is 9.21. The van der Waals surface area contributed by atoms with Gasteiger partial charge in [0.25, 0.3) is 0 Å². The van der Waals surface area contributed by atoms with E-state index in [1.807, 2.05) is 6.92 Å². The first kappa shape index (κ1) is 11.6. The number of nitrogens with zero attached hydrogens (tertiary/aromatic N) is 1. The van der Waals surface area contributed by atoms with Gasteiger partial charge >= 0.3 is 0 Å². The van der Waals surface area contributed by atoms with Crippen molar-refractivity contribution >= 4 is 23.1 Å². The maximum Gasteiger partial charge on any atom is 0.230 e. The molecule has 0 saturated heterocycles. The molecule has 1 aromatic heterocycles. The first-order chi connectivity index (χ1) is 7.15. The Morgan fingerprint density at radius 1 is 1.80 bits per heavy atom. The Balaban J connectivity index is 2.44. The molecule has 0 spiro atoms. The molecule has 1 unspecified atom stereocenters. The molecule has 1 amide bonds. The van der Waals surface area contributed by atoms with Gasteiger partial charge in [-0.1, -0.05) is 24.3 Å². The van der Waals surface area contributed by atoms with E-state index < -0.39 is 5.92 Å². The number of carbonyl (C=O) groups excluding carboxylic acids is 1. The van der Waals surface area contributed by atoms with E-state index in [-0.39, 0.29) is 10.9 Å². The lowest BCUT2D eigenvalue weighted by Crippen LogP contribution is -2.37. The van der Waals surface area contributed by atoms with E-state index in [9.17, 15) is 4.79 Å². The van der Waals surface area contributed by atoms with Crippen molar-refractivity contribution in [1.82, 2.24) is 10.5 Å². The molecule has 0 aliphatic carbocycles. The Labute approximate surface area is 93.0 Å². The lowest BCUT2D eigenvalue weighted by Gasteiger charge is -2.12. The molecule has 1 rings (SSSR count). The third-order valence-electron chi connectivity index (χ3n) is 2.00. The second-order valence-corrected chi connectivity index (χ2v) is 3.53. The summed E-state index contributed by atoms with van der Waals surface area (Å²) in [5.41, 5.74) is 5.43. The van der Waals surface area contributed by atoms with Gasteiger partial charge in [0.15, 0.2) is 5.76 Å². The summed E-state index contributed by atoms with van der Waals surface area (Å²) >= 11 is 4.79. The number of thiocarbonyl (C=S) groups is 1. The predicted octanol–water partition coefficient (Wildman–Crippen LogP) is 0.603. The van der Waals surface area contributed by atoms with Crippen LogP contribution in [0.3, 0.4) is 0 Å². The summed E-state index contributed by atoms with van der Waals surface area (Å²) in [4.78, 5) is 11.8. The lowest BCUT2D eigenvalue weighted by atomic mass is 10.1. The second-order valence-electron chi connectivity index (χ2n) is 3.06. The van der Waals surface area contributed by atoms with Gasteiger partial charge in [-0.05, 0) is 6.42 Å². The highest BCUT2D eigenvalue weighted by Crippen LogP contribution is 2.04. The number of amides is 1. The summed E-state index contributed by atoms with van der Waals surface area (Å²) in [5, 5.41) is 6.20. The van der Waals surface area contributed by atoms with Crippen molar-refractivity contribution in [2.75, 3.05) is 0 Å². The number of carbonyl (C=O) groups is 1. The molecule has 15 heavy (non-hydrogen) atoms. The quantitative estimate of drug-likeness (QED) is 0.720. The largest absolute Gasteiger partial charge is 0.393 e. The molecular weight excluding hydrogens is 214 g/mol. The molecule has 82 valence electrons. The minimum Gasteiger partial charge on any atom is -0.393 e. The summed E-state index contributed by atoms with van der Waals surface area (Å²) in [6, 6.07) is 1.68. The van der Waals surface area contributed by atoms with Gasteiger partial charge in [0.05, 0.1) is 23.6 Å². The molecular formula is C9H13N3O2S. The fourth-order valence-corrected chi connectivity index (χ4v) is 1.42. The average molecular weight is 227 g/mol. The third-order valence-corrected chi connectivity index (χ3v) is 2.28. The van der Waals surface area contributed by atoms with Gasteiger partial charge in [0, 0.05) is 6.07 Å². The molecule has 1 atom stereocenters. The molecule has 0 aromatic carbocycles. The van der Waals surface area contributed by atoms with Crippen LogP contribution in [0.5, 0.6) is 0 Å². The van der Waals surface area contributed by atoms with Gasteiger partial charge in [0.1, 0.15) is 0 Å². The van der Waals surface area contributed by atoms with Gasteiger partial charge in [-0.3, -0.25) is 4.79 Å². The predicted molar refractivity (Wildman–Crippen MR) is 58.9 cm³/mol. The summed E-state index contributed by atoms with van der Waals surface area (Å²) in [6.07, 6.45) is 2.12. The van der Waals surface area contributed by atoms with Crippen molar-refractivity contribution in [3.63, 3.8) is 0 Å². The van der Waals surface area contributed by atoms with E-state index in [4.69, 9.17) is 22.5 Å². The van der Waals surface area contributed by atoms with Crippen LogP contribution in [0, 0.1) is 5.92 Å². The fourth-order valence-electron chi connectivity index (χ4n) is 1.15. The van der Waals surface area contributed by atoms with Gasteiger partial charge in [0.2, 0.25) is 5.91 Å². The van der Waals surface area contributed by atoms with Crippen molar-refractivity contribution in [3.05, 3.63) is 18.0 Å². The first-order valence-electron chi connectivity index (χ1n) is 4.61. The monoisotopic (exact) mass is 227 g/mol. The Morgan fingerprint density at radius 2 is 2.53 bits per heavy atom. The summed E-state index contributed by atoms with van der Waals surface area (Å²) in [6.45, 7) is 2.16. The molecule has 5 nitrogen and oxygen atoms in total. The van der Waals surface area contributed by atoms with Crippen molar-refractivity contribution in [3.8, 4) is 0 Å². The summed E-state index contributed by atoms with van der Waals surface area (Å²) in [7, 11) is 0. The van der Waals surface area contributed by atoms with Crippen LogP contribution < -0.4 is 11.1 Å². The van der Waals surface area contributed by atoms with Crippen LogP contribution in [0.4, 0.5) is 0 Å². The average Bonchev–Trinajstić information content (AvgIpc) is 2.67. The number of hydrogen-bond donors (Lipinski definition) is 2. The third kappa shape index (κ3) is 3.32. The van der Waals surface area contributed by atoms with E-state index >= 15 is 0 Å². The van der Waals surface area contributed by atoms with Crippen LogP contribution in [0.15, 0.2) is 16.8 Å². The number of hydrogen-bond acceptors (Lipinski definition) is 4. The molecule has 6 heteroatoms. The fraction of sp³-hybridized carbons (Fsp3) is 0.444. The van der Waals surface area contributed by atoms with E-state index in [2.05, 4.69) is 10.5 Å². The smallest absolute Gasteiger partial charge is 0.230 e. The van der Waals surface area contributed by atoms with E-state index in [1.54, 1.807) is 6.07 Å². The number of aromatic nitrogens is 1. The van der Waals surface area contributed by atoms with Crippen molar-refractivity contribution < 1.29 is 9.32 Å². The molecule has 1 aromatic rings. The minimum absolute atomic E-state index is 0.179. The Morgan fingerprint density at radius 3 is 3.00 bits per heavy atom. The van der Waals surface area contributed by atoms with Crippen LogP contribution >= 0.6 is 12.2 Å². The first-order valence-corrected chi connectivity index (χ1v) is 5.02. The van der Waals surface area contributed by atoms with Gasteiger partial charge in [-0.15, -0.1) is 0 Å². The summed E-state index contributed by atoms with van der Waals surface area (Å²) < 4.78 is 4.83. The van der Waals surface area contributed by atoms with E-state index in [1.165, 1.54) is 6.20 Å². The highest BCUT2D eigenvalue weighted by molar-refractivity contribution is 7.80. The van der Waals surface area contributed by atoms with Crippen LogP contribution in [0.2, 0.25) is 0 Å². The van der Waals surface area contributed by atoms with Gasteiger partial charge in [-0.25, -0.2) is 0 Å². The van der Waals surface area contributed by atoms with Gasteiger partial charge in [-0.2, -0.15) is 0 Å². The molecule has 0 radical (unpaired) electrons. The van der Waals surface area contributed by atoms with E-state index in [0.717, 1.165) is 0 Å². The molecule has 0 fully saturated rings. The SMILES string of the molecule is CCC(C(=O)NCc1ccno1)C(N)=S. The Hall–Kier alpha value is -1.43. The normalized spacial score (nSPS) is 12.1. The molecule has 1 heterocycles. The zero-order valence-electron chi connectivity index (χ0n) is 8.40. The minimum atomic E-state index is -0.414. The number of nitrogens with two attached hydrogens (primary N) is 1. The maximum atomic E-state index is 11.6. The Kier molecular flexibility index (Phi) is 4.23. The standard InChI is InChI=1S/C9H13N3O2S/c1-2-7(8(10)15)9(13)11-5-6-3-4-12-14-6/h3-4,7H,2,5H2,1H3,(H2,10,15)(H,11,13). The summed E-state index contributed by atoms with van der Waals surface area (Å²) in [5.74, 6) is 0.00506. The van der Waals surface area contributed by atoms with Crippen LogP contribution in [0.1, 0.15) is 19.1 Å². The molecule has 3 N–H and O–H groups in total. The Bertz CT molecular complexity index is 337. The van der Waals surface area contributed by atoms with Crippen molar-refractivity contribution in [2.45, 2.75) is 19.9 Å². The topological polar surface area (TPSA) is 81.2 Å². The number of nitrogens with one attached hydrogen (secondary N) is 1. The van der Waals surface area contributed by atoms with Gasteiger partial charge < -0.3 is 15.6 Å². The highest BCUT2D eigenvalue weighted by Gasteiger charge is 2.18. The van der Waals surface area contributed by atoms with Crippen molar-refractivity contribution in [1.29, 1.82) is 0 Å². The van der Waals surface area contributed by atoms with Crippen LogP contribution in [-0.4, -0.2) is 16.1 Å². The maximum absolute atomic E-state index is 11.6. The van der Waals surface area contributed by atoms with Crippen molar-refractivity contribution in [2.24, 2.45) is 11.7 Å². The molecule has 0 saturated carbocycles. The zero-order chi connectivity index (χ0) is 11.3. The molecule has 0 bridgehead atoms. The second kappa shape index (κ2) is 5.45. The van der Waals surface area contributed by atoms with E-state index in [0.29, 0.717) is 18.7 Å². The number of rotatable bonds is 5. The highest BCUT2D eigenvalue weighted by atomic mass is 32.1. The van der Waals surface area contributed by atoms with Crippen LogP contribution in [-0.2, 0) is 11.3 Å². The lowest BCUT2D eigenvalue weighted by molar-refractivity contribution is -0.123. The molecule has 0 aliphatic rings. The molecule has 0 aliphatic heterocycles. The van der Waals surface area contributed by atoms with Crippen LogP contribution in [0.25, 0.3) is 0 Å².